The van der Waals surface area contributed by atoms with Crippen LogP contribution in [0.25, 0.3) is 0 Å². The number of amides is 1. The van der Waals surface area contributed by atoms with Crippen LogP contribution in [0.5, 0.6) is 0 Å². The standard InChI is InChI=1S/C23H44N4O3.HI/c1-6-24-20(26-18-23(5)12-7-8-13-23)27-15-10-19(11-16-27)29-17-9-14-25-21(28)30-22(2,3)4;/h19H,6-18H2,1-5H3,(H,24,26)(H,25,28);1H. The van der Waals surface area contributed by atoms with Crippen LogP contribution in [0.4, 0.5) is 4.79 Å². The number of rotatable bonds is 8. The molecule has 0 spiro atoms. The van der Waals surface area contributed by atoms with E-state index in [-0.39, 0.29) is 36.2 Å². The summed E-state index contributed by atoms with van der Waals surface area (Å²) < 4.78 is 11.3. The number of halogens is 1. The molecule has 0 aromatic carbocycles. The molecule has 0 radical (unpaired) electrons. The highest BCUT2D eigenvalue weighted by molar-refractivity contribution is 14.0. The van der Waals surface area contributed by atoms with E-state index in [4.69, 9.17) is 14.5 Å². The van der Waals surface area contributed by atoms with Crippen molar-refractivity contribution < 1.29 is 14.3 Å². The first-order valence-corrected chi connectivity index (χ1v) is 11.8. The fourth-order valence-electron chi connectivity index (χ4n) is 4.14. The average Bonchev–Trinajstić information content (AvgIpc) is 3.11. The van der Waals surface area contributed by atoms with Crippen molar-refractivity contribution >= 4 is 36.0 Å². The zero-order valence-electron chi connectivity index (χ0n) is 20.3. The van der Waals surface area contributed by atoms with Crippen LogP contribution in [-0.2, 0) is 9.47 Å². The van der Waals surface area contributed by atoms with Crippen LogP contribution in [0.3, 0.4) is 0 Å². The Morgan fingerprint density at radius 1 is 1.16 bits per heavy atom. The molecule has 0 atom stereocenters. The zero-order valence-corrected chi connectivity index (χ0v) is 22.6. The van der Waals surface area contributed by atoms with Crippen molar-refractivity contribution in [2.45, 2.75) is 91.3 Å². The van der Waals surface area contributed by atoms with Crippen molar-refractivity contribution in [3.8, 4) is 0 Å². The van der Waals surface area contributed by atoms with Gasteiger partial charge in [0.2, 0.25) is 0 Å². The van der Waals surface area contributed by atoms with Crippen molar-refractivity contribution in [3.05, 3.63) is 0 Å². The maximum absolute atomic E-state index is 11.6. The van der Waals surface area contributed by atoms with Gasteiger partial charge >= 0.3 is 6.09 Å². The number of aliphatic imine (C=N–C) groups is 1. The SMILES string of the molecule is CCNC(=NCC1(C)CCCC1)N1CCC(OCCCNC(=O)OC(C)(C)C)CC1.I. The first kappa shape index (κ1) is 28.3. The predicted molar refractivity (Wildman–Crippen MR) is 137 cm³/mol. The summed E-state index contributed by atoms with van der Waals surface area (Å²) in [7, 11) is 0. The smallest absolute Gasteiger partial charge is 0.407 e. The van der Waals surface area contributed by atoms with E-state index in [1.165, 1.54) is 25.7 Å². The average molecular weight is 553 g/mol. The molecular weight excluding hydrogens is 507 g/mol. The molecule has 31 heavy (non-hydrogen) atoms. The quantitative estimate of drug-likeness (QED) is 0.200. The first-order valence-electron chi connectivity index (χ1n) is 11.8. The summed E-state index contributed by atoms with van der Waals surface area (Å²) in [6, 6.07) is 0. The van der Waals surface area contributed by atoms with E-state index >= 15 is 0 Å². The molecule has 1 aliphatic heterocycles. The summed E-state index contributed by atoms with van der Waals surface area (Å²) in [5.41, 5.74) is -0.0758. The lowest BCUT2D eigenvalue weighted by atomic mass is 9.89. The fraction of sp³-hybridized carbons (Fsp3) is 0.913. The Bertz CT molecular complexity index is 552. The van der Waals surface area contributed by atoms with E-state index in [0.29, 0.717) is 18.6 Å². The number of likely N-dealkylation sites (tertiary alicyclic amines) is 1. The number of nitrogens with zero attached hydrogens (tertiary/aromatic N) is 2. The first-order chi connectivity index (χ1) is 14.2. The third kappa shape index (κ3) is 11.1. The highest BCUT2D eigenvalue weighted by Crippen LogP contribution is 2.37. The Morgan fingerprint density at radius 3 is 2.39 bits per heavy atom. The Hall–Kier alpha value is -0.770. The van der Waals surface area contributed by atoms with Crippen molar-refractivity contribution in [3.63, 3.8) is 0 Å². The van der Waals surface area contributed by atoms with E-state index in [9.17, 15) is 4.79 Å². The number of hydrogen-bond acceptors (Lipinski definition) is 4. The molecule has 0 bridgehead atoms. The minimum Gasteiger partial charge on any atom is -0.444 e. The van der Waals surface area contributed by atoms with Gasteiger partial charge in [0.1, 0.15) is 5.60 Å². The van der Waals surface area contributed by atoms with Gasteiger partial charge in [-0.05, 0) is 65.2 Å². The minimum absolute atomic E-state index is 0. The van der Waals surface area contributed by atoms with E-state index in [1.807, 2.05) is 20.8 Å². The number of carbonyl (C=O) groups is 1. The van der Waals surface area contributed by atoms with Gasteiger partial charge in [-0.3, -0.25) is 4.99 Å². The van der Waals surface area contributed by atoms with E-state index in [2.05, 4.69) is 29.4 Å². The number of ether oxygens (including phenoxy) is 2. The van der Waals surface area contributed by atoms with E-state index < -0.39 is 5.60 Å². The van der Waals surface area contributed by atoms with Crippen LogP contribution in [0.2, 0.25) is 0 Å². The molecule has 0 aromatic heterocycles. The molecular formula is C23H45IN4O3. The van der Waals surface area contributed by atoms with Crippen molar-refractivity contribution in [1.29, 1.82) is 0 Å². The number of alkyl carbamates (subject to hydrolysis) is 1. The molecule has 7 nitrogen and oxygen atoms in total. The predicted octanol–water partition coefficient (Wildman–Crippen LogP) is 4.55. The van der Waals surface area contributed by atoms with Crippen LogP contribution >= 0.6 is 24.0 Å². The summed E-state index contributed by atoms with van der Waals surface area (Å²) in [5, 5.41) is 6.26. The van der Waals surface area contributed by atoms with E-state index in [1.54, 1.807) is 0 Å². The van der Waals surface area contributed by atoms with Gasteiger partial charge in [0.15, 0.2) is 5.96 Å². The Morgan fingerprint density at radius 2 is 1.81 bits per heavy atom. The molecule has 1 saturated carbocycles. The van der Waals surface area contributed by atoms with Crippen LogP contribution in [0, 0.1) is 5.41 Å². The highest BCUT2D eigenvalue weighted by atomic mass is 127. The fourth-order valence-corrected chi connectivity index (χ4v) is 4.14. The summed E-state index contributed by atoms with van der Waals surface area (Å²) in [4.78, 5) is 19.0. The number of guanidine groups is 1. The van der Waals surface area contributed by atoms with Crippen LogP contribution < -0.4 is 10.6 Å². The molecule has 2 N–H and O–H groups in total. The van der Waals surface area contributed by atoms with Crippen LogP contribution in [0.1, 0.15) is 79.6 Å². The minimum atomic E-state index is -0.460. The summed E-state index contributed by atoms with van der Waals surface area (Å²) in [6.07, 6.45) is 8.04. The second-order valence-electron chi connectivity index (χ2n) is 10.0. The Labute approximate surface area is 206 Å². The summed E-state index contributed by atoms with van der Waals surface area (Å²) in [5.74, 6) is 1.06. The zero-order chi connectivity index (χ0) is 22.0. The number of piperidine rings is 1. The van der Waals surface area contributed by atoms with Gasteiger partial charge in [0, 0.05) is 39.3 Å². The lowest BCUT2D eigenvalue weighted by Gasteiger charge is -2.34. The summed E-state index contributed by atoms with van der Waals surface area (Å²) >= 11 is 0. The van der Waals surface area contributed by atoms with Gasteiger partial charge in [-0.15, -0.1) is 24.0 Å². The van der Waals surface area contributed by atoms with Crippen LogP contribution in [0.15, 0.2) is 4.99 Å². The third-order valence-electron chi connectivity index (χ3n) is 5.84. The number of nitrogens with one attached hydrogen (secondary N) is 2. The number of hydrogen-bond donors (Lipinski definition) is 2. The Kier molecular flexibility index (Phi) is 12.5. The van der Waals surface area contributed by atoms with Gasteiger partial charge in [-0.1, -0.05) is 19.8 Å². The van der Waals surface area contributed by atoms with Gasteiger partial charge in [0.25, 0.3) is 0 Å². The largest absolute Gasteiger partial charge is 0.444 e. The summed E-state index contributed by atoms with van der Waals surface area (Å²) in [6.45, 7) is 15.1. The topological polar surface area (TPSA) is 75.2 Å². The molecule has 1 amide bonds. The highest BCUT2D eigenvalue weighted by Gasteiger charge is 2.29. The molecule has 2 rings (SSSR count). The molecule has 8 heteroatoms. The molecule has 182 valence electrons. The maximum Gasteiger partial charge on any atom is 0.407 e. The monoisotopic (exact) mass is 552 g/mol. The number of carbonyl (C=O) groups excluding carboxylic acids is 1. The molecule has 0 unspecified atom stereocenters. The third-order valence-corrected chi connectivity index (χ3v) is 5.84. The van der Waals surface area contributed by atoms with Gasteiger partial charge in [-0.25, -0.2) is 4.79 Å². The Balaban J connectivity index is 0.00000480. The van der Waals surface area contributed by atoms with Crippen molar-refractivity contribution in [2.24, 2.45) is 10.4 Å². The molecule has 1 aliphatic carbocycles. The molecule has 0 aromatic rings. The molecule has 1 heterocycles. The second kappa shape index (κ2) is 13.7. The van der Waals surface area contributed by atoms with Gasteiger partial charge < -0.3 is 25.0 Å². The lowest BCUT2D eigenvalue weighted by Crippen LogP contribution is -2.47. The van der Waals surface area contributed by atoms with Gasteiger partial charge in [0.05, 0.1) is 6.10 Å². The van der Waals surface area contributed by atoms with Crippen molar-refractivity contribution in [2.75, 3.05) is 39.3 Å². The molecule has 2 fully saturated rings. The van der Waals surface area contributed by atoms with Crippen molar-refractivity contribution in [1.82, 2.24) is 15.5 Å². The maximum atomic E-state index is 11.6. The van der Waals surface area contributed by atoms with Crippen LogP contribution in [-0.4, -0.2) is 68.0 Å². The van der Waals surface area contributed by atoms with Gasteiger partial charge in [-0.2, -0.15) is 0 Å². The van der Waals surface area contributed by atoms with E-state index in [0.717, 1.165) is 51.4 Å². The lowest BCUT2D eigenvalue weighted by molar-refractivity contribution is 0.0169. The second-order valence-corrected chi connectivity index (χ2v) is 10.0. The normalized spacial score (nSPS) is 19.6. The molecule has 2 aliphatic rings. The molecule has 1 saturated heterocycles.